The molecule has 1 saturated heterocycles. The van der Waals surface area contributed by atoms with E-state index in [-0.39, 0.29) is 11.5 Å². The van der Waals surface area contributed by atoms with Crippen molar-refractivity contribution in [3.8, 4) is 0 Å². The number of oxazole rings is 1. The maximum absolute atomic E-state index is 14.0. The summed E-state index contributed by atoms with van der Waals surface area (Å²) in [6.45, 7) is 3.73. The minimum Gasteiger partial charge on any atom is -0.472 e. The van der Waals surface area contributed by atoms with Crippen LogP contribution in [0.2, 0.25) is 0 Å². The van der Waals surface area contributed by atoms with Gasteiger partial charge in [-0.1, -0.05) is 13.8 Å². The number of nitrogens with zero attached hydrogens (tertiary/aromatic N) is 1. The summed E-state index contributed by atoms with van der Waals surface area (Å²) in [6.07, 6.45) is 7.18. The van der Waals surface area contributed by atoms with Crippen LogP contribution < -0.4 is 0 Å². The number of cyclic esters (lactones) is 1. The Morgan fingerprint density at radius 3 is 2.66 bits per heavy atom. The SMILES string of the molecule is COC(=O)[C@@H]1C=C(OC(=O)c2cnco2)C(=O)[C@H]2[C@@]1(C)CC[C@H]1C(=O)O[C@H](c3ccoc3)C[C@]21C. The number of ketones is 1. The zero-order valence-electron chi connectivity index (χ0n) is 19.5. The molecule has 5 rings (SSSR count). The summed E-state index contributed by atoms with van der Waals surface area (Å²) < 4.78 is 26.4. The number of fused-ring (bicyclic) bond motifs is 3. The van der Waals surface area contributed by atoms with Gasteiger partial charge in [0, 0.05) is 11.5 Å². The van der Waals surface area contributed by atoms with Crippen molar-refractivity contribution in [3.63, 3.8) is 0 Å². The molecule has 2 fully saturated rings. The Morgan fingerprint density at radius 1 is 1.20 bits per heavy atom. The van der Waals surface area contributed by atoms with Crippen LogP contribution in [0.4, 0.5) is 0 Å². The lowest BCUT2D eigenvalue weighted by molar-refractivity contribution is -0.197. The summed E-state index contributed by atoms with van der Waals surface area (Å²) >= 11 is 0. The number of allylic oxidation sites excluding steroid dienone is 1. The van der Waals surface area contributed by atoms with Crippen LogP contribution in [-0.4, -0.2) is 35.8 Å². The largest absolute Gasteiger partial charge is 0.472 e. The number of carbonyl (C=O) groups excluding carboxylic acids is 4. The van der Waals surface area contributed by atoms with Crippen LogP contribution in [0.15, 0.2) is 51.9 Å². The van der Waals surface area contributed by atoms with E-state index in [1.807, 2.05) is 13.8 Å². The number of Topliss-reactive ketones (excluding diaryl/α,β-unsaturated/α-hetero) is 1. The van der Waals surface area contributed by atoms with E-state index in [2.05, 4.69) is 4.98 Å². The van der Waals surface area contributed by atoms with E-state index in [4.69, 9.17) is 23.0 Å². The Morgan fingerprint density at radius 2 is 2.00 bits per heavy atom. The molecule has 0 radical (unpaired) electrons. The molecule has 6 atom stereocenters. The van der Waals surface area contributed by atoms with Crippen molar-refractivity contribution in [1.82, 2.24) is 4.98 Å². The Balaban J connectivity index is 1.58. The first-order valence-corrected chi connectivity index (χ1v) is 11.4. The minimum atomic E-state index is -0.911. The van der Waals surface area contributed by atoms with E-state index in [1.165, 1.54) is 31.9 Å². The normalized spacial score (nSPS) is 34.2. The molecular formula is C25H25NO9. The monoisotopic (exact) mass is 483 g/mol. The molecule has 3 heterocycles. The Labute approximate surface area is 200 Å². The highest BCUT2D eigenvalue weighted by molar-refractivity contribution is 6.03. The van der Waals surface area contributed by atoms with Gasteiger partial charge in [0.25, 0.3) is 0 Å². The van der Waals surface area contributed by atoms with Crippen molar-refractivity contribution in [1.29, 1.82) is 0 Å². The molecular weight excluding hydrogens is 458 g/mol. The molecule has 184 valence electrons. The molecule has 0 bridgehead atoms. The molecule has 1 saturated carbocycles. The topological polar surface area (TPSA) is 135 Å². The summed E-state index contributed by atoms with van der Waals surface area (Å²) in [7, 11) is 1.27. The van der Waals surface area contributed by atoms with Gasteiger partial charge in [0.05, 0.1) is 37.7 Å². The summed E-state index contributed by atoms with van der Waals surface area (Å²) in [5.41, 5.74) is -1.06. The fraction of sp³-hybridized carbons (Fsp3) is 0.480. The van der Waals surface area contributed by atoms with Gasteiger partial charge in [-0.05, 0) is 42.2 Å². The van der Waals surface area contributed by atoms with E-state index in [9.17, 15) is 19.2 Å². The summed E-state index contributed by atoms with van der Waals surface area (Å²) in [6, 6.07) is 1.72. The lowest BCUT2D eigenvalue weighted by Crippen LogP contribution is -2.61. The molecule has 0 N–H and O–H groups in total. The highest BCUT2D eigenvalue weighted by Gasteiger charge is 2.66. The van der Waals surface area contributed by atoms with Gasteiger partial charge in [0.1, 0.15) is 6.10 Å². The average Bonchev–Trinajstić information content (AvgIpc) is 3.54. The Kier molecular flexibility index (Phi) is 5.41. The number of hydrogen-bond acceptors (Lipinski definition) is 10. The number of carbonyl (C=O) groups is 4. The van der Waals surface area contributed by atoms with Crippen LogP contribution in [-0.2, 0) is 28.6 Å². The van der Waals surface area contributed by atoms with Gasteiger partial charge in [-0.15, -0.1) is 0 Å². The Hall–Kier alpha value is -3.69. The number of ether oxygens (including phenoxy) is 3. The second-order valence-corrected chi connectivity index (χ2v) is 9.87. The molecule has 0 spiro atoms. The number of furan rings is 1. The highest BCUT2D eigenvalue weighted by Crippen LogP contribution is 2.64. The fourth-order valence-electron chi connectivity index (χ4n) is 6.35. The first-order valence-electron chi connectivity index (χ1n) is 11.4. The van der Waals surface area contributed by atoms with Crippen LogP contribution in [0.5, 0.6) is 0 Å². The molecule has 35 heavy (non-hydrogen) atoms. The van der Waals surface area contributed by atoms with Crippen molar-refractivity contribution >= 4 is 23.7 Å². The number of hydrogen-bond donors (Lipinski definition) is 0. The number of esters is 3. The van der Waals surface area contributed by atoms with E-state index >= 15 is 0 Å². The zero-order valence-corrected chi connectivity index (χ0v) is 19.5. The predicted octanol–water partition coefficient (Wildman–Crippen LogP) is 3.41. The highest BCUT2D eigenvalue weighted by atomic mass is 16.6. The lowest BCUT2D eigenvalue weighted by Gasteiger charge is -2.59. The van der Waals surface area contributed by atoms with Crippen LogP contribution in [0, 0.1) is 28.6 Å². The maximum Gasteiger partial charge on any atom is 0.381 e. The van der Waals surface area contributed by atoms with Crippen LogP contribution >= 0.6 is 0 Å². The van der Waals surface area contributed by atoms with Crippen LogP contribution in [0.3, 0.4) is 0 Å². The van der Waals surface area contributed by atoms with Gasteiger partial charge in [-0.25, -0.2) is 9.78 Å². The van der Waals surface area contributed by atoms with E-state index in [0.717, 1.165) is 6.39 Å². The molecule has 0 unspecified atom stereocenters. The van der Waals surface area contributed by atoms with Crippen molar-refractivity contribution in [2.24, 2.45) is 28.6 Å². The number of aromatic nitrogens is 1. The van der Waals surface area contributed by atoms with E-state index in [1.54, 1.807) is 6.07 Å². The molecule has 10 heteroatoms. The number of rotatable bonds is 4. The molecule has 1 aliphatic heterocycles. The van der Waals surface area contributed by atoms with Gasteiger partial charge >= 0.3 is 17.9 Å². The summed E-state index contributed by atoms with van der Waals surface area (Å²) in [4.78, 5) is 56.3. The average molecular weight is 483 g/mol. The smallest absolute Gasteiger partial charge is 0.381 e. The standard InChI is InChI=1S/C25H25NO9/c1-24-6-4-14-22(29)35-17(13-5-7-32-11-13)9-25(14,2)20(24)19(27)16(8-15(24)21(28)31-3)34-23(30)18-10-26-12-33-18/h5,7-8,10-12,14-15,17,20H,4,6,9H2,1-3H3/t14-,15-,17-,20-,24-,25-/m0/s1. The molecule has 3 aliphatic rings. The second-order valence-electron chi connectivity index (χ2n) is 9.87. The summed E-state index contributed by atoms with van der Waals surface area (Å²) in [5, 5.41) is 0. The van der Waals surface area contributed by atoms with Crippen molar-refractivity contribution in [2.45, 2.75) is 39.2 Å². The molecule has 10 nitrogen and oxygen atoms in total. The number of methoxy groups -OCH3 is 1. The van der Waals surface area contributed by atoms with Gasteiger partial charge in [-0.3, -0.25) is 14.4 Å². The molecule has 2 aromatic heterocycles. The van der Waals surface area contributed by atoms with Crippen molar-refractivity contribution < 1.29 is 42.2 Å². The molecule has 0 aromatic carbocycles. The van der Waals surface area contributed by atoms with E-state index < -0.39 is 58.4 Å². The third-order valence-corrected chi connectivity index (χ3v) is 7.99. The third-order valence-electron chi connectivity index (χ3n) is 7.99. The maximum atomic E-state index is 14.0. The molecule has 0 amide bonds. The van der Waals surface area contributed by atoms with Crippen molar-refractivity contribution in [3.05, 3.63) is 54.3 Å². The molecule has 2 aliphatic carbocycles. The fourth-order valence-corrected chi connectivity index (χ4v) is 6.35. The second kappa shape index (κ2) is 8.21. The van der Waals surface area contributed by atoms with Crippen LogP contribution in [0.25, 0.3) is 0 Å². The minimum absolute atomic E-state index is 0.185. The van der Waals surface area contributed by atoms with Crippen LogP contribution in [0.1, 0.15) is 55.3 Å². The lowest BCUT2D eigenvalue weighted by atomic mass is 9.44. The first-order chi connectivity index (χ1) is 16.7. The van der Waals surface area contributed by atoms with Gasteiger partial charge < -0.3 is 23.0 Å². The van der Waals surface area contributed by atoms with Gasteiger partial charge in [0.2, 0.25) is 11.5 Å². The quantitative estimate of drug-likeness (QED) is 0.470. The van der Waals surface area contributed by atoms with E-state index in [0.29, 0.717) is 24.8 Å². The Bertz CT molecular complexity index is 1200. The third kappa shape index (κ3) is 3.50. The van der Waals surface area contributed by atoms with Gasteiger partial charge in [0.15, 0.2) is 12.2 Å². The predicted molar refractivity (Wildman–Crippen MR) is 115 cm³/mol. The molecule has 2 aromatic rings. The van der Waals surface area contributed by atoms with Gasteiger partial charge in [-0.2, -0.15) is 0 Å². The summed E-state index contributed by atoms with van der Waals surface area (Å²) in [5.74, 6) is -5.01. The first kappa shape index (κ1) is 23.1. The zero-order chi connectivity index (χ0) is 25.0. The van der Waals surface area contributed by atoms with Crippen molar-refractivity contribution in [2.75, 3.05) is 7.11 Å².